The maximum atomic E-state index is 12.8. The molecule has 7 nitrogen and oxygen atoms in total. The molecule has 0 aromatic carbocycles. The number of hydrogen-bond donors (Lipinski definition) is 1. The fourth-order valence-electron chi connectivity index (χ4n) is 1.98. The lowest BCUT2D eigenvalue weighted by Crippen LogP contribution is -2.45. The third kappa shape index (κ3) is 3.52. The first kappa shape index (κ1) is 16.2. The fourth-order valence-corrected chi connectivity index (χ4v) is 4.03. The Morgan fingerprint density at radius 3 is 3.10 bits per heavy atom. The maximum Gasteiger partial charge on any atom is 0.246 e. The average molecular weight is 375 g/mol. The van der Waals surface area contributed by atoms with Gasteiger partial charge in [-0.05, 0) is 28.9 Å². The summed E-state index contributed by atoms with van der Waals surface area (Å²) in [5, 5.41) is 11.8. The molecule has 2 rings (SSSR count). The smallest absolute Gasteiger partial charge is 0.246 e. The number of pyridine rings is 1. The van der Waals surface area contributed by atoms with E-state index in [1.807, 2.05) is 13.0 Å². The van der Waals surface area contributed by atoms with Crippen LogP contribution in [0.2, 0.25) is 0 Å². The lowest BCUT2D eigenvalue weighted by Gasteiger charge is -2.29. The molecule has 1 aromatic heterocycles. The minimum atomic E-state index is -3.73. The number of hydrogen-bond acceptors (Lipinski definition) is 6. The molecule has 0 saturated carbocycles. The fraction of sp³-hybridized carbons (Fsp3) is 0.500. The van der Waals surface area contributed by atoms with E-state index in [0.717, 1.165) is 0 Å². The summed E-state index contributed by atoms with van der Waals surface area (Å²) in [6.07, 6.45) is 0.797. The zero-order valence-corrected chi connectivity index (χ0v) is 13.8. The van der Waals surface area contributed by atoms with Gasteiger partial charge in [0.2, 0.25) is 10.0 Å². The second-order valence-electron chi connectivity index (χ2n) is 4.38. The largest absolute Gasteiger partial charge is 0.369 e. The number of halogens is 1. The van der Waals surface area contributed by atoms with Crippen molar-refractivity contribution in [2.75, 3.05) is 31.6 Å². The minimum Gasteiger partial charge on any atom is -0.369 e. The van der Waals surface area contributed by atoms with Crippen LogP contribution in [0.15, 0.2) is 21.6 Å². The van der Waals surface area contributed by atoms with E-state index in [1.165, 1.54) is 16.6 Å². The Bertz CT molecular complexity index is 659. The zero-order valence-electron chi connectivity index (χ0n) is 11.4. The molecule has 0 aliphatic carbocycles. The van der Waals surface area contributed by atoms with Gasteiger partial charge in [0.1, 0.15) is 10.7 Å². The van der Waals surface area contributed by atoms with E-state index in [9.17, 15) is 8.42 Å². The van der Waals surface area contributed by atoms with Crippen LogP contribution in [-0.4, -0.2) is 50.1 Å². The Hall–Kier alpha value is -1.21. The molecule has 1 fully saturated rings. The Morgan fingerprint density at radius 2 is 2.43 bits per heavy atom. The average Bonchev–Trinajstić information content (AvgIpc) is 2.49. The molecule has 114 valence electrons. The molecule has 1 aromatic rings. The van der Waals surface area contributed by atoms with Crippen LogP contribution < -0.4 is 5.32 Å². The van der Waals surface area contributed by atoms with Crippen molar-refractivity contribution in [2.45, 2.75) is 17.9 Å². The molecule has 1 atom stereocenters. The predicted octanol–water partition coefficient (Wildman–Crippen LogP) is 1.19. The molecular formula is C12H15BrN4O3S. The molecule has 1 saturated heterocycles. The van der Waals surface area contributed by atoms with Gasteiger partial charge in [0, 0.05) is 23.8 Å². The van der Waals surface area contributed by atoms with E-state index in [4.69, 9.17) is 10.00 Å². The molecule has 1 unspecified atom stereocenters. The summed E-state index contributed by atoms with van der Waals surface area (Å²) >= 11 is 3.24. The summed E-state index contributed by atoms with van der Waals surface area (Å²) in [7, 11) is -3.73. The van der Waals surface area contributed by atoms with Gasteiger partial charge in [0.25, 0.3) is 0 Å². The number of aromatic nitrogens is 1. The normalized spacial score (nSPS) is 20.0. The quantitative estimate of drug-likeness (QED) is 0.850. The lowest BCUT2D eigenvalue weighted by atomic mass is 10.3. The van der Waals surface area contributed by atoms with Crippen LogP contribution in [0.3, 0.4) is 0 Å². The van der Waals surface area contributed by atoms with Crippen LogP contribution in [0.4, 0.5) is 5.82 Å². The van der Waals surface area contributed by atoms with Crippen LogP contribution in [0.5, 0.6) is 0 Å². The molecule has 0 bridgehead atoms. The third-order valence-corrected chi connectivity index (χ3v) is 5.27. The van der Waals surface area contributed by atoms with Crippen molar-refractivity contribution < 1.29 is 13.2 Å². The summed E-state index contributed by atoms with van der Waals surface area (Å²) in [6, 6.07) is 3.45. The van der Waals surface area contributed by atoms with Gasteiger partial charge in [-0.1, -0.05) is 0 Å². The first-order valence-corrected chi connectivity index (χ1v) is 8.63. The standard InChI is InChI=1S/C12H15BrN4O3S/c1-2-15-12-11(5-9(13)7-16-12)21(18,19)17-3-4-20-10(6-14)8-17/h5,7,10H,2-4,8H2,1H3,(H,15,16). The summed E-state index contributed by atoms with van der Waals surface area (Å²) in [5.41, 5.74) is 0. The van der Waals surface area contributed by atoms with Crippen molar-refractivity contribution in [1.29, 1.82) is 5.26 Å². The van der Waals surface area contributed by atoms with Crippen molar-refractivity contribution in [3.8, 4) is 6.07 Å². The van der Waals surface area contributed by atoms with E-state index in [1.54, 1.807) is 0 Å². The van der Waals surface area contributed by atoms with Crippen LogP contribution in [0.1, 0.15) is 6.92 Å². The van der Waals surface area contributed by atoms with E-state index < -0.39 is 16.1 Å². The molecule has 2 heterocycles. The molecule has 0 radical (unpaired) electrons. The van der Waals surface area contributed by atoms with Gasteiger partial charge in [-0.2, -0.15) is 9.57 Å². The van der Waals surface area contributed by atoms with Gasteiger partial charge in [-0.3, -0.25) is 0 Å². The molecule has 1 aliphatic heterocycles. The first-order valence-electron chi connectivity index (χ1n) is 6.39. The van der Waals surface area contributed by atoms with Crippen LogP contribution in [0, 0.1) is 11.3 Å². The van der Waals surface area contributed by atoms with Crippen molar-refractivity contribution in [2.24, 2.45) is 0 Å². The number of ether oxygens (including phenoxy) is 1. The van der Waals surface area contributed by atoms with Crippen molar-refractivity contribution in [3.05, 3.63) is 16.7 Å². The van der Waals surface area contributed by atoms with E-state index >= 15 is 0 Å². The Morgan fingerprint density at radius 1 is 1.67 bits per heavy atom. The number of sulfonamides is 1. The number of nitriles is 1. The second-order valence-corrected chi connectivity index (χ2v) is 7.20. The number of morpholine rings is 1. The maximum absolute atomic E-state index is 12.8. The van der Waals surface area contributed by atoms with Crippen LogP contribution in [-0.2, 0) is 14.8 Å². The van der Waals surface area contributed by atoms with Gasteiger partial charge in [-0.15, -0.1) is 0 Å². The lowest BCUT2D eigenvalue weighted by molar-refractivity contribution is 0.0311. The van der Waals surface area contributed by atoms with E-state index in [0.29, 0.717) is 16.8 Å². The van der Waals surface area contributed by atoms with Crippen LogP contribution in [0.25, 0.3) is 0 Å². The van der Waals surface area contributed by atoms with Gasteiger partial charge >= 0.3 is 0 Å². The van der Waals surface area contributed by atoms with Crippen molar-refractivity contribution in [1.82, 2.24) is 9.29 Å². The summed E-state index contributed by atoms with van der Waals surface area (Å²) in [5.74, 6) is 0.306. The molecule has 9 heteroatoms. The Balaban J connectivity index is 2.39. The molecule has 1 N–H and O–H groups in total. The second kappa shape index (κ2) is 6.70. The molecule has 0 amide bonds. The molecule has 0 spiro atoms. The van der Waals surface area contributed by atoms with Gasteiger partial charge in [0.15, 0.2) is 6.10 Å². The third-order valence-electron chi connectivity index (χ3n) is 2.95. The predicted molar refractivity (Wildman–Crippen MR) is 80.2 cm³/mol. The Kier molecular flexibility index (Phi) is 5.16. The van der Waals surface area contributed by atoms with Crippen molar-refractivity contribution in [3.63, 3.8) is 0 Å². The van der Waals surface area contributed by atoms with Crippen molar-refractivity contribution >= 4 is 31.8 Å². The number of anilines is 1. The Labute approximate surface area is 132 Å². The summed E-state index contributed by atoms with van der Waals surface area (Å²) < 4.78 is 32.5. The zero-order chi connectivity index (χ0) is 15.5. The van der Waals surface area contributed by atoms with E-state index in [2.05, 4.69) is 26.2 Å². The highest BCUT2D eigenvalue weighted by Crippen LogP contribution is 2.27. The summed E-state index contributed by atoms with van der Waals surface area (Å²) in [4.78, 5) is 4.20. The van der Waals surface area contributed by atoms with Gasteiger partial charge in [0.05, 0.1) is 19.2 Å². The highest BCUT2D eigenvalue weighted by molar-refractivity contribution is 9.10. The number of nitrogens with one attached hydrogen (secondary N) is 1. The monoisotopic (exact) mass is 374 g/mol. The van der Waals surface area contributed by atoms with Gasteiger partial charge < -0.3 is 10.1 Å². The molecule has 1 aliphatic rings. The molecule has 21 heavy (non-hydrogen) atoms. The molecular weight excluding hydrogens is 360 g/mol. The van der Waals surface area contributed by atoms with Crippen LogP contribution >= 0.6 is 15.9 Å². The number of rotatable bonds is 4. The van der Waals surface area contributed by atoms with Gasteiger partial charge in [-0.25, -0.2) is 13.4 Å². The van der Waals surface area contributed by atoms with E-state index in [-0.39, 0.29) is 24.6 Å². The highest BCUT2D eigenvalue weighted by atomic mass is 79.9. The SMILES string of the molecule is CCNc1ncc(Br)cc1S(=O)(=O)N1CCOC(C#N)C1. The highest BCUT2D eigenvalue weighted by Gasteiger charge is 2.33. The topological polar surface area (TPSA) is 95.3 Å². The summed E-state index contributed by atoms with van der Waals surface area (Å²) in [6.45, 7) is 2.87. The number of nitrogens with zero attached hydrogens (tertiary/aromatic N) is 3. The minimum absolute atomic E-state index is 0.0247. The first-order chi connectivity index (χ1) is 9.98.